The number of hydrogen-bond acceptors (Lipinski definition) is 1. The van der Waals surface area contributed by atoms with Crippen LogP contribution in [-0.2, 0) is 5.54 Å². The van der Waals surface area contributed by atoms with Crippen molar-refractivity contribution in [3.8, 4) is 0 Å². The Balaban J connectivity index is 2.49. The van der Waals surface area contributed by atoms with Crippen molar-refractivity contribution < 1.29 is 4.39 Å². The van der Waals surface area contributed by atoms with Gasteiger partial charge in [-0.05, 0) is 31.4 Å². The molecular formula is C13H17ClFN. The molecule has 0 aliphatic heterocycles. The Labute approximate surface area is 101 Å². The smallest absolute Gasteiger partial charge is 0.129 e. The van der Waals surface area contributed by atoms with E-state index in [9.17, 15) is 4.39 Å². The number of benzene rings is 1. The molecule has 2 N–H and O–H groups in total. The first-order chi connectivity index (χ1) is 7.54. The Morgan fingerprint density at radius 2 is 1.88 bits per heavy atom. The molecule has 88 valence electrons. The second-order valence-electron chi connectivity index (χ2n) is 4.77. The van der Waals surface area contributed by atoms with Crippen LogP contribution in [0.15, 0.2) is 12.1 Å². The standard InChI is InChI=1S/C13H17ClFN/c1-9-5-6-10(15)11(12(9)14)13(16)7-3-2-4-8-13/h5-6H,2-4,7-8,16H2,1H3. The fourth-order valence-electron chi connectivity index (χ4n) is 2.55. The van der Waals surface area contributed by atoms with Gasteiger partial charge in [0, 0.05) is 11.1 Å². The molecule has 2 rings (SSSR count). The molecule has 3 heteroatoms. The first kappa shape index (κ1) is 11.9. The topological polar surface area (TPSA) is 26.0 Å². The van der Waals surface area contributed by atoms with Gasteiger partial charge in [0.05, 0.1) is 5.02 Å². The number of nitrogens with two attached hydrogens (primary N) is 1. The summed E-state index contributed by atoms with van der Waals surface area (Å²) in [6, 6.07) is 3.17. The fourth-order valence-corrected chi connectivity index (χ4v) is 2.89. The molecule has 1 aromatic rings. The quantitative estimate of drug-likeness (QED) is 0.793. The first-order valence-corrected chi connectivity index (χ1v) is 6.16. The predicted molar refractivity (Wildman–Crippen MR) is 65.1 cm³/mol. The molecular weight excluding hydrogens is 225 g/mol. The van der Waals surface area contributed by atoms with Gasteiger partial charge in [-0.25, -0.2) is 4.39 Å². The van der Waals surface area contributed by atoms with E-state index < -0.39 is 5.54 Å². The summed E-state index contributed by atoms with van der Waals surface area (Å²) in [6.07, 6.45) is 4.95. The van der Waals surface area contributed by atoms with Crippen LogP contribution >= 0.6 is 11.6 Å². The van der Waals surface area contributed by atoms with Crippen LogP contribution in [-0.4, -0.2) is 0 Å². The van der Waals surface area contributed by atoms with Gasteiger partial charge in [-0.1, -0.05) is 36.9 Å². The van der Waals surface area contributed by atoms with Gasteiger partial charge < -0.3 is 5.73 Å². The summed E-state index contributed by atoms with van der Waals surface area (Å²) in [5, 5.41) is 0.504. The lowest BCUT2D eigenvalue weighted by atomic mass is 9.77. The third-order valence-corrected chi connectivity index (χ3v) is 4.01. The van der Waals surface area contributed by atoms with E-state index in [4.69, 9.17) is 17.3 Å². The lowest BCUT2D eigenvalue weighted by molar-refractivity contribution is 0.293. The molecule has 0 saturated heterocycles. The summed E-state index contributed by atoms with van der Waals surface area (Å²) in [6.45, 7) is 1.89. The molecule has 0 aromatic heterocycles. The highest BCUT2D eigenvalue weighted by Crippen LogP contribution is 2.40. The van der Waals surface area contributed by atoms with Crippen molar-refractivity contribution in [3.63, 3.8) is 0 Å². The fraction of sp³-hybridized carbons (Fsp3) is 0.538. The van der Waals surface area contributed by atoms with E-state index >= 15 is 0 Å². The van der Waals surface area contributed by atoms with Gasteiger partial charge in [-0.15, -0.1) is 0 Å². The highest BCUT2D eigenvalue weighted by molar-refractivity contribution is 6.32. The lowest BCUT2D eigenvalue weighted by Gasteiger charge is -2.35. The number of aryl methyl sites for hydroxylation is 1. The van der Waals surface area contributed by atoms with Crippen LogP contribution in [0.4, 0.5) is 4.39 Å². The Morgan fingerprint density at radius 3 is 2.50 bits per heavy atom. The Morgan fingerprint density at radius 1 is 1.25 bits per heavy atom. The van der Waals surface area contributed by atoms with Crippen molar-refractivity contribution in [2.45, 2.75) is 44.6 Å². The number of halogens is 2. The van der Waals surface area contributed by atoms with E-state index in [-0.39, 0.29) is 5.82 Å². The van der Waals surface area contributed by atoms with Crippen molar-refractivity contribution in [3.05, 3.63) is 34.1 Å². The Hall–Kier alpha value is -0.600. The summed E-state index contributed by atoms with van der Waals surface area (Å²) < 4.78 is 13.9. The second kappa shape index (κ2) is 4.34. The first-order valence-electron chi connectivity index (χ1n) is 5.78. The Bertz CT molecular complexity index is 397. The molecule has 1 aliphatic carbocycles. The SMILES string of the molecule is Cc1ccc(F)c(C2(N)CCCCC2)c1Cl. The number of rotatable bonds is 1. The van der Waals surface area contributed by atoms with Crippen LogP contribution in [0.2, 0.25) is 5.02 Å². The zero-order chi connectivity index (χ0) is 11.8. The average Bonchev–Trinajstić information content (AvgIpc) is 2.25. The molecule has 1 fully saturated rings. The van der Waals surface area contributed by atoms with Crippen LogP contribution in [0.3, 0.4) is 0 Å². The molecule has 0 unspecified atom stereocenters. The van der Waals surface area contributed by atoms with Gasteiger partial charge in [0.25, 0.3) is 0 Å². The minimum Gasteiger partial charge on any atom is -0.321 e. The van der Waals surface area contributed by atoms with Gasteiger partial charge in [0.1, 0.15) is 5.82 Å². The van der Waals surface area contributed by atoms with Crippen molar-refractivity contribution in [2.75, 3.05) is 0 Å². The lowest BCUT2D eigenvalue weighted by Crippen LogP contribution is -2.39. The molecule has 1 nitrogen and oxygen atoms in total. The van der Waals surface area contributed by atoms with Gasteiger partial charge >= 0.3 is 0 Å². The zero-order valence-electron chi connectivity index (χ0n) is 9.52. The molecule has 0 amide bonds. The minimum atomic E-state index is -0.564. The summed E-state index contributed by atoms with van der Waals surface area (Å²) >= 11 is 6.20. The van der Waals surface area contributed by atoms with E-state index in [2.05, 4.69) is 0 Å². The molecule has 0 radical (unpaired) electrons. The Kier molecular flexibility index (Phi) is 3.22. The summed E-state index contributed by atoms with van der Waals surface area (Å²) in [5.41, 5.74) is 7.18. The van der Waals surface area contributed by atoms with Crippen molar-refractivity contribution in [2.24, 2.45) is 5.73 Å². The second-order valence-corrected chi connectivity index (χ2v) is 5.15. The zero-order valence-corrected chi connectivity index (χ0v) is 10.3. The van der Waals surface area contributed by atoms with E-state index in [1.165, 1.54) is 12.5 Å². The highest BCUT2D eigenvalue weighted by Gasteiger charge is 2.34. The van der Waals surface area contributed by atoms with Crippen molar-refractivity contribution in [1.82, 2.24) is 0 Å². The van der Waals surface area contributed by atoms with Crippen LogP contribution in [0.1, 0.15) is 43.2 Å². The van der Waals surface area contributed by atoms with E-state index in [0.717, 1.165) is 31.2 Å². The van der Waals surface area contributed by atoms with Crippen LogP contribution in [0, 0.1) is 12.7 Å². The monoisotopic (exact) mass is 241 g/mol. The summed E-state index contributed by atoms with van der Waals surface area (Å²) in [5.74, 6) is -0.264. The maximum atomic E-state index is 13.9. The molecule has 0 spiro atoms. The molecule has 1 aliphatic rings. The summed E-state index contributed by atoms with van der Waals surface area (Å²) in [4.78, 5) is 0. The molecule has 0 bridgehead atoms. The summed E-state index contributed by atoms with van der Waals surface area (Å²) in [7, 11) is 0. The molecule has 16 heavy (non-hydrogen) atoms. The van der Waals surface area contributed by atoms with Gasteiger partial charge in [-0.2, -0.15) is 0 Å². The minimum absolute atomic E-state index is 0.264. The van der Waals surface area contributed by atoms with Crippen molar-refractivity contribution >= 4 is 11.6 Å². The average molecular weight is 242 g/mol. The van der Waals surface area contributed by atoms with Gasteiger partial charge in [0.2, 0.25) is 0 Å². The maximum Gasteiger partial charge on any atom is 0.129 e. The molecule has 1 saturated carbocycles. The third-order valence-electron chi connectivity index (χ3n) is 3.53. The van der Waals surface area contributed by atoms with Crippen molar-refractivity contribution in [1.29, 1.82) is 0 Å². The normalized spacial score (nSPS) is 19.8. The van der Waals surface area contributed by atoms with E-state index in [0.29, 0.717) is 10.6 Å². The molecule has 0 heterocycles. The third kappa shape index (κ3) is 1.96. The van der Waals surface area contributed by atoms with E-state index in [1.807, 2.05) is 6.92 Å². The van der Waals surface area contributed by atoms with Crippen LogP contribution in [0.5, 0.6) is 0 Å². The predicted octanol–water partition coefficient (Wildman–Crippen LogP) is 3.91. The van der Waals surface area contributed by atoms with Crippen LogP contribution < -0.4 is 5.73 Å². The van der Waals surface area contributed by atoms with Crippen LogP contribution in [0.25, 0.3) is 0 Å². The van der Waals surface area contributed by atoms with Gasteiger partial charge in [0.15, 0.2) is 0 Å². The molecule has 1 aromatic carbocycles. The number of hydrogen-bond donors (Lipinski definition) is 1. The molecule has 0 atom stereocenters. The largest absolute Gasteiger partial charge is 0.321 e. The van der Waals surface area contributed by atoms with Gasteiger partial charge in [-0.3, -0.25) is 0 Å². The van der Waals surface area contributed by atoms with E-state index in [1.54, 1.807) is 6.07 Å². The highest BCUT2D eigenvalue weighted by atomic mass is 35.5. The maximum absolute atomic E-state index is 13.9.